The maximum Gasteiger partial charge on any atom is 0.314 e. The molecule has 114 valence electrons. The zero-order valence-electron chi connectivity index (χ0n) is 11.4. The summed E-state index contributed by atoms with van der Waals surface area (Å²) in [6, 6.07) is 10.3. The Hall–Kier alpha value is -1.31. The smallest absolute Gasteiger partial charge is 0.314 e. The van der Waals surface area contributed by atoms with Crippen LogP contribution in [-0.2, 0) is 9.59 Å². The van der Waals surface area contributed by atoms with Gasteiger partial charge < -0.3 is 10.6 Å². The van der Waals surface area contributed by atoms with Gasteiger partial charge in [-0.2, -0.15) is 0 Å². The molecule has 2 rings (SSSR count). The van der Waals surface area contributed by atoms with Crippen LogP contribution in [0.4, 0.5) is 11.4 Å². The van der Waals surface area contributed by atoms with Crippen molar-refractivity contribution in [1.29, 1.82) is 0 Å². The molecule has 0 aliphatic carbocycles. The molecular weight excluding hydrogens is 438 g/mol. The van der Waals surface area contributed by atoms with E-state index in [4.69, 9.17) is 23.2 Å². The lowest BCUT2D eigenvalue weighted by atomic mass is 10.2. The van der Waals surface area contributed by atoms with Gasteiger partial charge >= 0.3 is 11.8 Å². The van der Waals surface area contributed by atoms with E-state index >= 15 is 0 Å². The summed E-state index contributed by atoms with van der Waals surface area (Å²) in [5, 5.41) is 5.48. The van der Waals surface area contributed by atoms with Crippen LogP contribution in [-0.4, -0.2) is 11.8 Å². The van der Waals surface area contributed by atoms with Crippen LogP contribution in [0.3, 0.4) is 0 Å². The van der Waals surface area contributed by atoms with E-state index in [9.17, 15) is 9.59 Å². The van der Waals surface area contributed by atoms with Gasteiger partial charge in [0.1, 0.15) is 0 Å². The van der Waals surface area contributed by atoms with Crippen LogP contribution in [0.15, 0.2) is 36.4 Å². The topological polar surface area (TPSA) is 58.2 Å². The summed E-state index contributed by atoms with van der Waals surface area (Å²) in [5.74, 6) is -1.59. The third kappa shape index (κ3) is 4.12. The quantitative estimate of drug-likeness (QED) is 0.525. The molecule has 0 saturated heterocycles. The van der Waals surface area contributed by atoms with E-state index in [1.54, 1.807) is 24.3 Å². The van der Waals surface area contributed by atoms with Crippen LogP contribution in [0.25, 0.3) is 0 Å². The number of amides is 2. The van der Waals surface area contributed by atoms with E-state index in [0.717, 1.165) is 9.13 Å². The van der Waals surface area contributed by atoms with Crippen LogP contribution < -0.4 is 10.6 Å². The van der Waals surface area contributed by atoms with Crippen molar-refractivity contribution in [1.82, 2.24) is 0 Å². The molecule has 0 aliphatic heterocycles. The van der Waals surface area contributed by atoms with Crippen molar-refractivity contribution >= 4 is 69.0 Å². The largest absolute Gasteiger partial charge is 0.318 e. The van der Waals surface area contributed by atoms with Gasteiger partial charge in [0, 0.05) is 9.26 Å². The molecule has 0 spiro atoms. The van der Waals surface area contributed by atoms with Crippen LogP contribution >= 0.6 is 45.8 Å². The maximum atomic E-state index is 11.9. The summed E-state index contributed by atoms with van der Waals surface area (Å²) in [7, 11) is 0. The second-order valence-corrected chi connectivity index (χ2v) is 6.50. The average Bonchev–Trinajstić information content (AvgIpc) is 2.46. The van der Waals surface area contributed by atoms with Crippen LogP contribution in [0.2, 0.25) is 10.0 Å². The molecule has 0 aromatic heterocycles. The minimum absolute atomic E-state index is 0.191. The van der Waals surface area contributed by atoms with E-state index in [1.807, 2.05) is 19.1 Å². The lowest BCUT2D eigenvalue weighted by Crippen LogP contribution is -2.29. The number of halogens is 3. The molecule has 0 fully saturated rings. The number of hydrogen-bond donors (Lipinski definition) is 2. The molecule has 0 unspecified atom stereocenters. The average molecular weight is 449 g/mol. The highest BCUT2D eigenvalue weighted by atomic mass is 127. The number of aryl methyl sites for hydroxylation is 1. The zero-order chi connectivity index (χ0) is 16.3. The summed E-state index contributed by atoms with van der Waals surface area (Å²) in [6.07, 6.45) is 0. The molecule has 0 aliphatic rings. The van der Waals surface area contributed by atoms with E-state index in [-0.39, 0.29) is 10.7 Å². The fraction of sp³-hybridized carbons (Fsp3) is 0.0667. The first-order valence-electron chi connectivity index (χ1n) is 6.21. The molecule has 0 saturated carbocycles. The molecule has 2 aromatic carbocycles. The molecule has 4 nitrogen and oxygen atoms in total. The number of benzene rings is 2. The van der Waals surface area contributed by atoms with Gasteiger partial charge in [0.25, 0.3) is 0 Å². The fourth-order valence-corrected chi connectivity index (χ4v) is 2.72. The minimum atomic E-state index is -0.817. The first-order chi connectivity index (χ1) is 10.4. The highest BCUT2D eigenvalue weighted by molar-refractivity contribution is 14.1. The number of nitrogens with one attached hydrogen (secondary N) is 2. The molecule has 0 atom stereocenters. The lowest BCUT2D eigenvalue weighted by Gasteiger charge is -2.10. The van der Waals surface area contributed by atoms with Gasteiger partial charge in [-0.15, -0.1) is 0 Å². The Morgan fingerprint density at radius 1 is 1.00 bits per heavy atom. The molecular formula is C15H11Cl2IN2O2. The minimum Gasteiger partial charge on any atom is -0.318 e. The van der Waals surface area contributed by atoms with Gasteiger partial charge in [0.15, 0.2) is 0 Å². The number of carbonyl (C=O) groups is 2. The van der Waals surface area contributed by atoms with Crippen molar-refractivity contribution in [2.45, 2.75) is 6.92 Å². The Kier molecular flexibility index (Phi) is 5.66. The molecule has 0 radical (unpaired) electrons. The van der Waals surface area contributed by atoms with Crippen molar-refractivity contribution in [3.63, 3.8) is 0 Å². The van der Waals surface area contributed by atoms with E-state index in [1.165, 1.54) is 0 Å². The van der Waals surface area contributed by atoms with Gasteiger partial charge in [0.2, 0.25) is 0 Å². The number of rotatable bonds is 2. The Balaban J connectivity index is 2.09. The lowest BCUT2D eigenvalue weighted by molar-refractivity contribution is -0.133. The van der Waals surface area contributed by atoms with Crippen LogP contribution in [0, 0.1) is 10.5 Å². The SMILES string of the molecule is Cc1cc(I)ccc1NC(=O)C(=O)Nc1cccc(Cl)c1Cl. The summed E-state index contributed by atoms with van der Waals surface area (Å²) < 4.78 is 1.04. The highest BCUT2D eigenvalue weighted by Crippen LogP contribution is 2.29. The number of anilines is 2. The second kappa shape index (κ2) is 7.30. The standard InChI is InChI=1S/C15H11Cl2IN2O2/c1-8-7-9(18)5-6-11(8)19-14(21)15(22)20-12-4-2-3-10(16)13(12)17/h2-7H,1H3,(H,19,21)(H,20,22). The molecule has 7 heteroatoms. The summed E-state index contributed by atoms with van der Waals surface area (Å²) in [5.41, 5.74) is 1.74. The van der Waals surface area contributed by atoms with Crippen LogP contribution in [0.5, 0.6) is 0 Å². The Morgan fingerprint density at radius 2 is 1.64 bits per heavy atom. The Bertz CT molecular complexity index is 750. The highest BCUT2D eigenvalue weighted by Gasteiger charge is 2.17. The molecule has 0 bridgehead atoms. The monoisotopic (exact) mass is 448 g/mol. The third-order valence-electron chi connectivity index (χ3n) is 2.84. The van der Waals surface area contributed by atoms with Gasteiger partial charge in [0.05, 0.1) is 15.7 Å². The third-order valence-corrected chi connectivity index (χ3v) is 4.33. The summed E-state index contributed by atoms with van der Waals surface area (Å²) >= 11 is 14.0. The predicted octanol–water partition coefficient (Wildman–Crippen LogP) is 4.48. The number of carbonyl (C=O) groups excluding carboxylic acids is 2. The van der Waals surface area contributed by atoms with Gasteiger partial charge in [-0.25, -0.2) is 0 Å². The molecule has 0 heterocycles. The van der Waals surface area contributed by atoms with E-state index in [2.05, 4.69) is 33.2 Å². The van der Waals surface area contributed by atoms with E-state index < -0.39 is 11.8 Å². The predicted molar refractivity (Wildman–Crippen MR) is 97.6 cm³/mol. The second-order valence-electron chi connectivity index (χ2n) is 4.47. The zero-order valence-corrected chi connectivity index (χ0v) is 15.1. The normalized spacial score (nSPS) is 10.2. The molecule has 2 amide bonds. The molecule has 22 heavy (non-hydrogen) atoms. The Labute approximate surface area is 151 Å². The fourth-order valence-electron chi connectivity index (χ4n) is 1.73. The van der Waals surface area contributed by atoms with Crippen molar-refractivity contribution in [2.75, 3.05) is 10.6 Å². The molecule has 2 aromatic rings. The summed E-state index contributed by atoms with van der Waals surface area (Å²) in [6.45, 7) is 1.85. The van der Waals surface area contributed by atoms with Crippen LogP contribution in [0.1, 0.15) is 5.56 Å². The van der Waals surface area contributed by atoms with Crippen molar-refractivity contribution in [3.05, 3.63) is 55.6 Å². The summed E-state index contributed by atoms with van der Waals surface area (Å²) in [4.78, 5) is 23.9. The number of hydrogen-bond acceptors (Lipinski definition) is 2. The first-order valence-corrected chi connectivity index (χ1v) is 8.04. The first kappa shape index (κ1) is 17.1. The Morgan fingerprint density at radius 3 is 2.27 bits per heavy atom. The van der Waals surface area contributed by atoms with Gasteiger partial charge in [-0.05, 0) is 65.4 Å². The van der Waals surface area contributed by atoms with Crippen molar-refractivity contribution in [2.24, 2.45) is 0 Å². The van der Waals surface area contributed by atoms with Crippen molar-refractivity contribution in [3.8, 4) is 0 Å². The van der Waals surface area contributed by atoms with Crippen molar-refractivity contribution < 1.29 is 9.59 Å². The maximum absolute atomic E-state index is 11.9. The van der Waals surface area contributed by atoms with E-state index in [0.29, 0.717) is 10.7 Å². The van der Waals surface area contributed by atoms with Gasteiger partial charge in [-0.3, -0.25) is 9.59 Å². The van der Waals surface area contributed by atoms with Gasteiger partial charge in [-0.1, -0.05) is 29.3 Å². The molecule has 2 N–H and O–H groups in total.